The summed E-state index contributed by atoms with van der Waals surface area (Å²) in [4.78, 5) is 0. The molecule has 0 saturated heterocycles. The van der Waals surface area contributed by atoms with Gasteiger partial charge in [-0.1, -0.05) is 27.2 Å². The van der Waals surface area contributed by atoms with E-state index in [2.05, 4.69) is 26.4 Å². The number of nitrogens with zero attached hydrogens (tertiary/aromatic N) is 1. The van der Waals surface area contributed by atoms with E-state index in [1.165, 1.54) is 0 Å². The van der Waals surface area contributed by atoms with Crippen LogP contribution in [0.25, 0.3) is 0 Å². The molecule has 1 aromatic carbocycles. The monoisotopic (exact) mass is 257 g/mol. The van der Waals surface area contributed by atoms with Crippen LogP contribution in [-0.4, -0.2) is 17.6 Å². The Balaban J connectivity index is 2.73. The average Bonchev–Trinajstić information content (AvgIpc) is 2.20. The number of hydrogen-bond donors (Lipinski definition) is 3. The fourth-order valence-corrected chi connectivity index (χ4v) is 1.39. The number of oxime groups is 1. The van der Waals surface area contributed by atoms with Gasteiger partial charge in [0.05, 0.1) is 6.54 Å². The molecule has 4 nitrogen and oxygen atoms in total. The van der Waals surface area contributed by atoms with Crippen LogP contribution in [-0.2, 0) is 0 Å². The first-order chi connectivity index (χ1) is 6.65. The Kier molecular flexibility index (Phi) is 3.76. The fourth-order valence-electron chi connectivity index (χ4n) is 1.02. The first-order valence-electron chi connectivity index (χ1n) is 4.10. The molecule has 0 bridgehead atoms. The summed E-state index contributed by atoms with van der Waals surface area (Å²) in [6.07, 6.45) is 0. The Bertz CT molecular complexity index is 352. The van der Waals surface area contributed by atoms with E-state index in [-0.39, 0.29) is 5.84 Å². The first kappa shape index (κ1) is 10.8. The smallest absolute Gasteiger partial charge is 0.158 e. The van der Waals surface area contributed by atoms with Gasteiger partial charge in [0.2, 0.25) is 0 Å². The van der Waals surface area contributed by atoms with Crippen molar-refractivity contribution in [2.45, 2.75) is 6.92 Å². The summed E-state index contributed by atoms with van der Waals surface area (Å²) in [5, 5.41) is 14.3. The maximum absolute atomic E-state index is 8.35. The molecule has 0 amide bonds. The van der Waals surface area contributed by atoms with Gasteiger partial charge in [0.1, 0.15) is 0 Å². The molecule has 0 aromatic heterocycles. The molecule has 14 heavy (non-hydrogen) atoms. The summed E-state index contributed by atoms with van der Waals surface area (Å²) in [6, 6.07) is 5.82. The van der Waals surface area contributed by atoms with Crippen molar-refractivity contribution in [3.05, 3.63) is 28.2 Å². The second-order valence-corrected chi connectivity index (χ2v) is 3.71. The second-order valence-electron chi connectivity index (χ2n) is 2.86. The van der Waals surface area contributed by atoms with Crippen LogP contribution < -0.4 is 11.1 Å². The molecule has 0 aliphatic carbocycles. The second kappa shape index (κ2) is 4.85. The van der Waals surface area contributed by atoms with Crippen molar-refractivity contribution < 1.29 is 5.21 Å². The van der Waals surface area contributed by atoms with Gasteiger partial charge in [-0.25, -0.2) is 0 Å². The Morgan fingerprint density at radius 2 is 2.36 bits per heavy atom. The fraction of sp³-hybridized carbons (Fsp3) is 0.222. The number of hydrogen-bond acceptors (Lipinski definition) is 3. The van der Waals surface area contributed by atoms with E-state index in [1.807, 2.05) is 25.1 Å². The molecule has 0 aliphatic heterocycles. The maximum atomic E-state index is 8.35. The van der Waals surface area contributed by atoms with Gasteiger partial charge in [-0.2, -0.15) is 0 Å². The molecule has 5 heteroatoms. The SMILES string of the molecule is Cc1c(Br)cccc1NC/C(N)=N/O. The lowest BCUT2D eigenvalue weighted by molar-refractivity contribution is 0.317. The summed E-state index contributed by atoms with van der Waals surface area (Å²) < 4.78 is 1.03. The molecule has 0 heterocycles. The Labute approximate surface area is 90.9 Å². The van der Waals surface area contributed by atoms with E-state index >= 15 is 0 Å². The molecule has 0 radical (unpaired) electrons. The molecule has 0 spiro atoms. The molecule has 4 N–H and O–H groups in total. The predicted molar refractivity (Wildman–Crippen MR) is 60.8 cm³/mol. The van der Waals surface area contributed by atoms with Crippen LogP contribution in [0.5, 0.6) is 0 Å². The third-order valence-corrected chi connectivity index (χ3v) is 2.72. The highest BCUT2D eigenvalue weighted by Gasteiger charge is 2.01. The van der Waals surface area contributed by atoms with Gasteiger partial charge >= 0.3 is 0 Å². The lowest BCUT2D eigenvalue weighted by Gasteiger charge is -2.09. The topological polar surface area (TPSA) is 70.6 Å². The third kappa shape index (κ3) is 2.63. The largest absolute Gasteiger partial charge is 0.409 e. The van der Waals surface area contributed by atoms with Gasteiger partial charge in [0.25, 0.3) is 0 Å². The minimum absolute atomic E-state index is 0.157. The highest BCUT2D eigenvalue weighted by atomic mass is 79.9. The number of benzene rings is 1. The first-order valence-corrected chi connectivity index (χ1v) is 4.90. The number of halogens is 1. The van der Waals surface area contributed by atoms with Crippen molar-refractivity contribution >= 4 is 27.5 Å². The van der Waals surface area contributed by atoms with Gasteiger partial charge in [-0.3, -0.25) is 0 Å². The third-order valence-electron chi connectivity index (χ3n) is 1.86. The minimum atomic E-state index is 0.157. The highest BCUT2D eigenvalue weighted by molar-refractivity contribution is 9.10. The Morgan fingerprint density at radius 1 is 1.64 bits per heavy atom. The van der Waals surface area contributed by atoms with Crippen molar-refractivity contribution in [2.24, 2.45) is 10.9 Å². The zero-order chi connectivity index (χ0) is 10.6. The zero-order valence-corrected chi connectivity index (χ0v) is 9.37. The number of nitrogens with one attached hydrogen (secondary N) is 1. The molecule has 0 unspecified atom stereocenters. The van der Waals surface area contributed by atoms with E-state index in [0.717, 1.165) is 15.7 Å². The summed E-state index contributed by atoms with van der Waals surface area (Å²) >= 11 is 3.42. The predicted octanol–water partition coefficient (Wildman–Crippen LogP) is 1.92. The minimum Gasteiger partial charge on any atom is -0.409 e. The quantitative estimate of drug-likeness (QED) is 0.335. The molecule has 76 valence electrons. The Morgan fingerprint density at radius 3 is 3.00 bits per heavy atom. The summed E-state index contributed by atoms with van der Waals surface area (Å²) in [7, 11) is 0. The van der Waals surface area contributed by atoms with Crippen LogP contribution in [0, 0.1) is 6.92 Å². The van der Waals surface area contributed by atoms with Crippen molar-refractivity contribution in [3.63, 3.8) is 0 Å². The average molecular weight is 258 g/mol. The van der Waals surface area contributed by atoms with Crippen LogP contribution in [0.1, 0.15) is 5.56 Å². The summed E-state index contributed by atoms with van der Waals surface area (Å²) in [5.41, 5.74) is 7.39. The van der Waals surface area contributed by atoms with E-state index < -0.39 is 0 Å². The number of amidine groups is 1. The molecule has 0 saturated carbocycles. The molecule has 0 aliphatic rings. The molecule has 0 fully saturated rings. The van der Waals surface area contributed by atoms with Gasteiger partial charge in [-0.15, -0.1) is 0 Å². The molecule has 0 atom stereocenters. The van der Waals surface area contributed by atoms with Crippen LogP contribution in [0.4, 0.5) is 5.69 Å². The number of rotatable bonds is 3. The number of nitrogens with two attached hydrogens (primary N) is 1. The van der Waals surface area contributed by atoms with Crippen molar-refractivity contribution in [1.82, 2.24) is 0 Å². The van der Waals surface area contributed by atoms with Gasteiger partial charge in [-0.05, 0) is 24.6 Å². The van der Waals surface area contributed by atoms with Crippen molar-refractivity contribution in [2.75, 3.05) is 11.9 Å². The molecule has 1 rings (SSSR count). The van der Waals surface area contributed by atoms with Gasteiger partial charge in [0, 0.05) is 10.2 Å². The lowest BCUT2D eigenvalue weighted by Crippen LogP contribution is -2.22. The number of anilines is 1. The lowest BCUT2D eigenvalue weighted by atomic mass is 10.2. The van der Waals surface area contributed by atoms with Crippen LogP contribution in [0.2, 0.25) is 0 Å². The standard InChI is InChI=1S/C9H12BrN3O/c1-6-7(10)3-2-4-8(6)12-5-9(11)13-14/h2-4,12,14H,5H2,1H3,(H2,11,13). The Hall–Kier alpha value is -1.23. The maximum Gasteiger partial charge on any atom is 0.158 e. The van der Waals surface area contributed by atoms with Crippen LogP contribution >= 0.6 is 15.9 Å². The van der Waals surface area contributed by atoms with Gasteiger partial charge < -0.3 is 16.3 Å². The van der Waals surface area contributed by atoms with Crippen molar-refractivity contribution in [3.8, 4) is 0 Å². The van der Waals surface area contributed by atoms with Crippen LogP contribution in [0.15, 0.2) is 27.8 Å². The molecular weight excluding hydrogens is 246 g/mol. The zero-order valence-electron chi connectivity index (χ0n) is 7.79. The molecule has 1 aromatic rings. The summed E-state index contributed by atoms with van der Waals surface area (Å²) in [6.45, 7) is 2.31. The van der Waals surface area contributed by atoms with E-state index in [1.54, 1.807) is 0 Å². The normalized spacial score (nSPS) is 11.4. The molecular formula is C9H12BrN3O. The van der Waals surface area contributed by atoms with Gasteiger partial charge in [0.15, 0.2) is 5.84 Å². The van der Waals surface area contributed by atoms with E-state index in [9.17, 15) is 0 Å². The van der Waals surface area contributed by atoms with Crippen LogP contribution in [0.3, 0.4) is 0 Å². The highest BCUT2D eigenvalue weighted by Crippen LogP contribution is 2.22. The summed E-state index contributed by atoms with van der Waals surface area (Å²) in [5.74, 6) is 0.157. The van der Waals surface area contributed by atoms with E-state index in [4.69, 9.17) is 10.9 Å². The van der Waals surface area contributed by atoms with Crippen molar-refractivity contribution in [1.29, 1.82) is 0 Å². The van der Waals surface area contributed by atoms with E-state index in [0.29, 0.717) is 6.54 Å².